The first-order chi connectivity index (χ1) is 23.6. The molecule has 3 N–H and O–H groups in total. The number of allylic oxidation sites excluding steroid dienone is 1. The third-order valence-corrected chi connectivity index (χ3v) is 12.2. The molecule has 2 bridgehead atoms. The Morgan fingerprint density at radius 1 is 0.960 bits per heavy atom. The van der Waals surface area contributed by atoms with Gasteiger partial charge in [0.2, 0.25) is 0 Å². The van der Waals surface area contributed by atoms with E-state index in [1.54, 1.807) is 87.5 Å². The van der Waals surface area contributed by atoms with Crippen molar-refractivity contribution in [3.8, 4) is 0 Å². The molecule has 1 spiro atoms. The van der Waals surface area contributed by atoms with Crippen molar-refractivity contribution < 1.29 is 48.7 Å². The topological polar surface area (TPSA) is 157 Å². The molecule has 10 atom stereocenters. The molecule has 10 heteroatoms. The molecule has 0 aromatic heterocycles. The number of aliphatic hydroxyl groups excluding tert-OH is 2. The molecule has 1 unspecified atom stereocenters. The lowest BCUT2D eigenvalue weighted by Gasteiger charge is -2.49. The van der Waals surface area contributed by atoms with Crippen LogP contribution < -0.4 is 0 Å². The van der Waals surface area contributed by atoms with E-state index >= 15 is 4.79 Å². The van der Waals surface area contributed by atoms with Gasteiger partial charge in [-0.15, -0.1) is 0 Å². The number of ketones is 1. The van der Waals surface area contributed by atoms with E-state index in [-0.39, 0.29) is 30.1 Å². The van der Waals surface area contributed by atoms with E-state index < -0.39 is 88.2 Å². The summed E-state index contributed by atoms with van der Waals surface area (Å²) in [6.45, 7) is 9.90. The van der Waals surface area contributed by atoms with Crippen molar-refractivity contribution in [3.05, 3.63) is 95.1 Å². The minimum absolute atomic E-state index is 0.0306. The highest BCUT2D eigenvalue weighted by Gasteiger charge is 2.85. The van der Waals surface area contributed by atoms with Gasteiger partial charge in [0, 0.05) is 17.3 Å². The van der Waals surface area contributed by atoms with Crippen LogP contribution in [0, 0.1) is 40.4 Å². The van der Waals surface area contributed by atoms with E-state index in [0.717, 1.165) is 0 Å². The molecule has 10 nitrogen and oxygen atoms in total. The van der Waals surface area contributed by atoms with Gasteiger partial charge in [0.1, 0.15) is 18.3 Å². The molecule has 0 saturated heterocycles. The van der Waals surface area contributed by atoms with E-state index in [1.807, 2.05) is 20.8 Å². The highest BCUT2D eigenvalue weighted by Crippen LogP contribution is 2.75. The first kappa shape index (κ1) is 35.7. The Hall–Kier alpha value is -4.12. The fourth-order valence-corrected chi connectivity index (χ4v) is 9.08. The molecule has 4 aliphatic rings. The monoisotopic (exact) mass is 686 g/mol. The molecule has 0 amide bonds. The van der Waals surface area contributed by atoms with E-state index in [9.17, 15) is 29.7 Å². The van der Waals surface area contributed by atoms with Gasteiger partial charge in [0.25, 0.3) is 0 Å². The van der Waals surface area contributed by atoms with E-state index in [1.165, 1.54) is 6.08 Å². The maximum Gasteiger partial charge on any atom is 0.338 e. The lowest BCUT2D eigenvalue weighted by atomic mass is 9.58. The molecule has 2 fully saturated rings. The third kappa shape index (κ3) is 5.01. The first-order valence-electron chi connectivity index (χ1n) is 17.3. The molecule has 266 valence electrons. The number of hydrogen-bond donors (Lipinski definition) is 3. The van der Waals surface area contributed by atoms with Crippen LogP contribution in [0.15, 0.2) is 84.0 Å². The van der Waals surface area contributed by atoms with Crippen LogP contribution in [0.3, 0.4) is 0 Å². The zero-order valence-corrected chi connectivity index (χ0v) is 29.3. The highest BCUT2D eigenvalue weighted by molar-refractivity contribution is 5.96. The number of hydrogen-bond acceptors (Lipinski definition) is 10. The van der Waals surface area contributed by atoms with Gasteiger partial charge in [-0.2, -0.15) is 0 Å². The van der Waals surface area contributed by atoms with Crippen molar-refractivity contribution in [1.82, 2.24) is 0 Å². The van der Waals surface area contributed by atoms with Crippen molar-refractivity contribution in [3.63, 3.8) is 0 Å². The maximum absolute atomic E-state index is 15.2. The van der Waals surface area contributed by atoms with Crippen molar-refractivity contribution >= 4 is 23.7 Å². The maximum atomic E-state index is 15.2. The van der Waals surface area contributed by atoms with Crippen LogP contribution in [-0.4, -0.2) is 75.6 Å². The molecular weight excluding hydrogens is 640 g/mol. The number of benzene rings is 2. The average Bonchev–Trinajstić information content (AvgIpc) is 3.55. The van der Waals surface area contributed by atoms with Crippen LogP contribution in [0.2, 0.25) is 0 Å². The summed E-state index contributed by atoms with van der Waals surface area (Å²) in [5.41, 5.74) is -5.71. The summed E-state index contributed by atoms with van der Waals surface area (Å²) >= 11 is 0. The van der Waals surface area contributed by atoms with Crippen molar-refractivity contribution in [2.45, 2.75) is 71.4 Å². The summed E-state index contributed by atoms with van der Waals surface area (Å²) in [6, 6.07) is 16.7. The SMILES string of the molecule is CC1=C[C@]23C(=O)[C@@H](C=C(CO)[C@@H](O)[C@]2(O)[C@H]1OC(=O)c1ccccc1)[C@@H]1[C@](C)(COC(=O)c2ccccc2)[C@]1(OC(=O)C(C)C(C)C)C[C@H]3C. The predicted octanol–water partition coefficient (Wildman–Crippen LogP) is 4.47. The number of Topliss-reactive ketones (excluding diaryl/α,β-unsaturated/α-hetero) is 1. The van der Waals surface area contributed by atoms with Gasteiger partial charge in [0.15, 0.2) is 17.5 Å². The summed E-state index contributed by atoms with van der Waals surface area (Å²) in [4.78, 5) is 55.6. The second-order valence-electron chi connectivity index (χ2n) is 15.2. The molecule has 0 heterocycles. The molecule has 0 radical (unpaired) electrons. The molecule has 2 saturated carbocycles. The van der Waals surface area contributed by atoms with Gasteiger partial charge >= 0.3 is 17.9 Å². The summed E-state index contributed by atoms with van der Waals surface area (Å²) < 4.78 is 18.3. The minimum Gasteiger partial charge on any atom is -0.461 e. The number of carbonyl (C=O) groups excluding carboxylic acids is 4. The van der Waals surface area contributed by atoms with Gasteiger partial charge in [-0.05, 0) is 60.6 Å². The van der Waals surface area contributed by atoms with Crippen LogP contribution in [0.4, 0.5) is 0 Å². The Labute approximate surface area is 292 Å². The van der Waals surface area contributed by atoms with Crippen molar-refractivity contribution in [2.24, 2.45) is 40.4 Å². The molecular formula is C40H46O10. The van der Waals surface area contributed by atoms with E-state index in [0.29, 0.717) is 11.1 Å². The zero-order valence-electron chi connectivity index (χ0n) is 29.3. The Balaban J connectivity index is 1.46. The number of aliphatic hydroxyl groups is 3. The molecule has 0 aliphatic heterocycles. The Morgan fingerprint density at radius 2 is 1.54 bits per heavy atom. The van der Waals surface area contributed by atoms with Gasteiger partial charge in [0.05, 0.1) is 29.1 Å². The largest absolute Gasteiger partial charge is 0.461 e. The van der Waals surface area contributed by atoms with Crippen molar-refractivity contribution in [1.29, 1.82) is 0 Å². The van der Waals surface area contributed by atoms with Crippen LogP contribution in [0.25, 0.3) is 0 Å². The first-order valence-corrected chi connectivity index (χ1v) is 17.3. The molecule has 6 rings (SSSR count). The summed E-state index contributed by atoms with van der Waals surface area (Å²) in [7, 11) is 0. The van der Waals surface area contributed by atoms with Gasteiger partial charge in [-0.3, -0.25) is 9.59 Å². The standard InChI is InChI=1S/C40H46O10/c1-22(2)25(5)34(44)50-39-19-24(4)38-18-23(3)33(49-36(46)27-15-11-8-12-16-27)40(38,47)31(42)28(20-41)17-29(32(38)43)30(39)37(39,6)21-48-35(45)26-13-9-7-10-14-26/h7-18,22,24-25,29-31,33,41-42,47H,19-21H2,1-6H3/t24-,25?,29+,30-,31-,33+,37+,38+,39+,40+/m1/s1. The minimum atomic E-state index is -2.41. The van der Waals surface area contributed by atoms with Crippen LogP contribution in [0.1, 0.15) is 68.7 Å². The average molecular weight is 687 g/mol. The fourth-order valence-electron chi connectivity index (χ4n) is 9.08. The second-order valence-corrected chi connectivity index (χ2v) is 15.2. The van der Waals surface area contributed by atoms with Gasteiger partial charge in [-0.1, -0.05) is 83.2 Å². The Bertz CT molecular complexity index is 1750. The third-order valence-electron chi connectivity index (χ3n) is 12.2. The lowest BCUT2D eigenvalue weighted by molar-refractivity contribution is -0.193. The number of carbonyl (C=O) groups is 4. The van der Waals surface area contributed by atoms with Crippen LogP contribution in [0.5, 0.6) is 0 Å². The number of fused-ring (bicyclic) bond motifs is 3. The molecule has 4 aliphatic carbocycles. The Morgan fingerprint density at radius 3 is 2.10 bits per heavy atom. The Kier molecular flexibility index (Phi) is 8.98. The summed E-state index contributed by atoms with van der Waals surface area (Å²) in [5, 5.41) is 35.5. The van der Waals surface area contributed by atoms with Gasteiger partial charge < -0.3 is 29.5 Å². The number of ether oxygens (including phenoxy) is 3. The highest BCUT2D eigenvalue weighted by atomic mass is 16.6. The zero-order chi connectivity index (χ0) is 36.4. The van der Waals surface area contributed by atoms with Crippen LogP contribution >= 0.6 is 0 Å². The van der Waals surface area contributed by atoms with E-state index in [4.69, 9.17) is 14.2 Å². The predicted molar refractivity (Wildman–Crippen MR) is 181 cm³/mol. The smallest absolute Gasteiger partial charge is 0.338 e. The normalized spacial score (nSPS) is 36.1. The molecule has 2 aromatic carbocycles. The van der Waals surface area contributed by atoms with Crippen LogP contribution in [-0.2, 0) is 23.8 Å². The molecule has 50 heavy (non-hydrogen) atoms. The van der Waals surface area contributed by atoms with Gasteiger partial charge in [-0.25, -0.2) is 9.59 Å². The quantitative estimate of drug-likeness (QED) is 0.195. The summed E-state index contributed by atoms with van der Waals surface area (Å²) in [6.07, 6.45) is -0.125. The van der Waals surface area contributed by atoms with Crippen molar-refractivity contribution in [2.75, 3.05) is 13.2 Å². The molecule has 2 aromatic rings. The lowest BCUT2D eigenvalue weighted by Crippen LogP contribution is -2.66. The summed E-state index contributed by atoms with van der Waals surface area (Å²) in [5.74, 6) is -5.43. The second kappa shape index (κ2) is 12.6. The number of esters is 3. The number of rotatable bonds is 9. The van der Waals surface area contributed by atoms with E-state index in [2.05, 4.69) is 0 Å². The fraction of sp³-hybridized carbons (Fsp3) is 0.500.